The first-order valence-corrected chi connectivity index (χ1v) is 8.59. The molecule has 0 aliphatic rings. The van der Waals surface area contributed by atoms with E-state index in [-0.39, 0.29) is 0 Å². The third-order valence-electron chi connectivity index (χ3n) is 3.77. The standard InChI is InChI=1S/C18H16N2O2S/c1-3-14-7-5-9-17-16(14)10-12-20(17)23(21,22)18(4-2)15-8-6-11-19-13-15/h3-13,18H,1-2H2. The summed E-state index contributed by atoms with van der Waals surface area (Å²) in [6.07, 6.45) is 7.86. The van der Waals surface area contributed by atoms with E-state index in [2.05, 4.69) is 18.1 Å². The monoisotopic (exact) mass is 324 g/mol. The van der Waals surface area contributed by atoms with E-state index >= 15 is 0 Å². The molecule has 1 atom stereocenters. The van der Waals surface area contributed by atoms with Crippen LogP contribution in [-0.4, -0.2) is 17.4 Å². The fraction of sp³-hybridized carbons (Fsp3) is 0.0556. The van der Waals surface area contributed by atoms with Crippen LogP contribution >= 0.6 is 0 Å². The molecular weight excluding hydrogens is 308 g/mol. The average Bonchev–Trinajstić information content (AvgIpc) is 3.01. The van der Waals surface area contributed by atoms with Crippen molar-refractivity contribution in [3.05, 3.63) is 85.3 Å². The Morgan fingerprint density at radius 2 is 1.96 bits per heavy atom. The molecule has 116 valence electrons. The molecule has 4 nitrogen and oxygen atoms in total. The van der Waals surface area contributed by atoms with Gasteiger partial charge in [-0.05, 0) is 29.3 Å². The minimum absolute atomic E-state index is 0.587. The van der Waals surface area contributed by atoms with Gasteiger partial charge < -0.3 is 0 Å². The van der Waals surface area contributed by atoms with E-state index in [1.165, 1.54) is 10.0 Å². The maximum absolute atomic E-state index is 13.1. The Hall–Kier alpha value is -2.66. The van der Waals surface area contributed by atoms with Crippen LogP contribution in [0.1, 0.15) is 16.4 Å². The molecular formula is C18H16N2O2S. The van der Waals surface area contributed by atoms with E-state index in [0.29, 0.717) is 11.1 Å². The van der Waals surface area contributed by atoms with Gasteiger partial charge in [-0.1, -0.05) is 36.9 Å². The summed E-state index contributed by atoms with van der Waals surface area (Å²) in [5.74, 6) is 0. The molecule has 0 spiro atoms. The molecule has 2 aromatic heterocycles. The summed E-state index contributed by atoms with van der Waals surface area (Å²) in [6, 6.07) is 10.7. The number of hydrogen-bond donors (Lipinski definition) is 0. The van der Waals surface area contributed by atoms with E-state index in [1.54, 1.807) is 48.9 Å². The second-order valence-corrected chi connectivity index (χ2v) is 7.01. The Morgan fingerprint density at radius 1 is 1.13 bits per heavy atom. The minimum Gasteiger partial charge on any atom is -0.264 e. The van der Waals surface area contributed by atoms with Gasteiger partial charge in [-0.25, -0.2) is 12.4 Å². The summed E-state index contributed by atoms with van der Waals surface area (Å²) < 4.78 is 27.5. The van der Waals surface area contributed by atoms with Crippen molar-refractivity contribution in [3.63, 3.8) is 0 Å². The molecule has 0 saturated carbocycles. The number of hydrogen-bond acceptors (Lipinski definition) is 3. The second kappa shape index (κ2) is 5.85. The Morgan fingerprint density at radius 3 is 2.61 bits per heavy atom. The van der Waals surface area contributed by atoms with Gasteiger partial charge in [-0.2, -0.15) is 0 Å². The van der Waals surface area contributed by atoms with Crippen LogP contribution in [-0.2, 0) is 10.0 Å². The summed E-state index contributed by atoms with van der Waals surface area (Å²) in [7, 11) is -3.69. The van der Waals surface area contributed by atoms with Crippen LogP contribution in [0.15, 0.2) is 74.2 Å². The quantitative estimate of drug-likeness (QED) is 0.671. The van der Waals surface area contributed by atoms with Crippen molar-refractivity contribution >= 4 is 27.0 Å². The summed E-state index contributed by atoms with van der Waals surface area (Å²) >= 11 is 0. The van der Waals surface area contributed by atoms with Crippen molar-refractivity contribution in [2.24, 2.45) is 0 Å². The molecule has 0 fully saturated rings. The molecule has 3 aromatic rings. The van der Waals surface area contributed by atoms with Crippen LogP contribution in [0.5, 0.6) is 0 Å². The smallest absolute Gasteiger partial charge is 0.249 e. The van der Waals surface area contributed by atoms with Crippen LogP contribution in [0.25, 0.3) is 17.0 Å². The maximum Gasteiger partial charge on any atom is 0.249 e. The van der Waals surface area contributed by atoms with Gasteiger partial charge in [0.2, 0.25) is 10.0 Å². The summed E-state index contributed by atoms with van der Waals surface area (Å²) in [5, 5.41) is -0.0146. The van der Waals surface area contributed by atoms with Gasteiger partial charge in [0.05, 0.1) is 5.52 Å². The Bertz CT molecular complexity index is 973. The third-order valence-corrected chi connectivity index (χ3v) is 5.75. The lowest BCUT2D eigenvalue weighted by atomic mass is 10.1. The highest BCUT2D eigenvalue weighted by atomic mass is 32.2. The molecule has 0 radical (unpaired) electrons. The van der Waals surface area contributed by atoms with E-state index < -0.39 is 15.3 Å². The molecule has 1 aromatic carbocycles. The zero-order valence-corrected chi connectivity index (χ0v) is 13.3. The van der Waals surface area contributed by atoms with Crippen LogP contribution in [0.3, 0.4) is 0 Å². The zero-order valence-electron chi connectivity index (χ0n) is 12.5. The normalized spacial score (nSPS) is 12.9. The Labute approximate surface area is 135 Å². The number of nitrogens with zero attached hydrogens (tertiary/aromatic N) is 2. The van der Waals surface area contributed by atoms with Crippen molar-refractivity contribution in [2.75, 3.05) is 0 Å². The van der Waals surface area contributed by atoms with Gasteiger partial charge in [0.15, 0.2) is 0 Å². The predicted octanol–water partition coefficient (Wildman–Crippen LogP) is 3.78. The van der Waals surface area contributed by atoms with Crippen LogP contribution < -0.4 is 0 Å². The third kappa shape index (κ3) is 2.49. The Balaban J connectivity index is 2.20. The first kappa shape index (κ1) is 15.2. The SMILES string of the molecule is C=Cc1cccc2c1ccn2S(=O)(=O)C(C=C)c1cccnc1. The van der Waals surface area contributed by atoms with Crippen LogP contribution in [0.2, 0.25) is 0 Å². The number of benzene rings is 1. The Kier molecular flexibility index (Phi) is 3.88. The first-order chi connectivity index (χ1) is 11.1. The molecule has 0 saturated heterocycles. The molecule has 0 aliphatic heterocycles. The van der Waals surface area contributed by atoms with E-state index in [9.17, 15) is 8.42 Å². The molecule has 0 bridgehead atoms. The van der Waals surface area contributed by atoms with Crippen molar-refractivity contribution in [1.82, 2.24) is 8.96 Å². The van der Waals surface area contributed by atoms with Crippen molar-refractivity contribution < 1.29 is 8.42 Å². The second-order valence-electron chi connectivity index (χ2n) is 5.08. The lowest BCUT2D eigenvalue weighted by Crippen LogP contribution is -2.19. The van der Waals surface area contributed by atoms with E-state index in [4.69, 9.17) is 0 Å². The van der Waals surface area contributed by atoms with Crippen molar-refractivity contribution in [1.29, 1.82) is 0 Å². The first-order valence-electron chi connectivity index (χ1n) is 7.09. The molecule has 0 aliphatic carbocycles. The topological polar surface area (TPSA) is 52.0 Å². The molecule has 2 heterocycles. The highest BCUT2D eigenvalue weighted by Gasteiger charge is 2.27. The predicted molar refractivity (Wildman–Crippen MR) is 93.5 cm³/mol. The van der Waals surface area contributed by atoms with E-state index in [1.807, 2.05) is 12.1 Å². The lowest BCUT2D eigenvalue weighted by molar-refractivity contribution is 0.583. The largest absolute Gasteiger partial charge is 0.264 e. The molecule has 5 heteroatoms. The fourth-order valence-corrected chi connectivity index (χ4v) is 4.30. The van der Waals surface area contributed by atoms with Crippen LogP contribution in [0, 0.1) is 0 Å². The molecule has 1 unspecified atom stereocenters. The highest BCUT2D eigenvalue weighted by molar-refractivity contribution is 7.90. The highest BCUT2D eigenvalue weighted by Crippen LogP contribution is 2.29. The number of fused-ring (bicyclic) bond motifs is 1. The van der Waals surface area contributed by atoms with Crippen LogP contribution in [0.4, 0.5) is 0 Å². The van der Waals surface area contributed by atoms with Gasteiger partial charge in [0.1, 0.15) is 5.25 Å². The van der Waals surface area contributed by atoms with Gasteiger partial charge in [0.25, 0.3) is 0 Å². The fourth-order valence-electron chi connectivity index (χ4n) is 2.66. The van der Waals surface area contributed by atoms with Gasteiger partial charge in [-0.3, -0.25) is 4.98 Å². The maximum atomic E-state index is 13.1. The average molecular weight is 324 g/mol. The zero-order chi connectivity index (χ0) is 16.4. The summed E-state index contributed by atoms with van der Waals surface area (Å²) in [5.41, 5.74) is 2.11. The molecule has 23 heavy (non-hydrogen) atoms. The van der Waals surface area contributed by atoms with Crippen molar-refractivity contribution in [3.8, 4) is 0 Å². The van der Waals surface area contributed by atoms with E-state index in [0.717, 1.165) is 10.9 Å². The molecule has 0 amide bonds. The molecule has 3 rings (SSSR count). The minimum atomic E-state index is -3.69. The number of rotatable bonds is 5. The lowest BCUT2D eigenvalue weighted by Gasteiger charge is -2.16. The number of pyridine rings is 1. The molecule has 0 N–H and O–H groups in total. The van der Waals surface area contributed by atoms with Gasteiger partial charge in [0, 0.05) is 24.0 Å². The van der Waals surface area contributed by atoms with Crippen molar-refractivity contribution in [2.45, 2.75) is 5.25 Å². The summed E-state index contributed by atoms with van der Waals surface area (Å²) in [6.45, 7) is 7.46. The number of aromatic nitrogens is 2. The summed E-state index contributed by atoms with van der Waals surface area (Å²) in [4.78, 5) is 4.00. The van der Waals surface area contributed by atoms with Gasteiger partial charge >= 0.3 is 0 Å². The van der Waals surface area contributed by atoms with Gasteiger partial charge in [-0.15, -0.1) is 6.58 Å².